The van der Waals surface area contributed by atoms with Crippen molar-refractivity contribution < 1.29 is 0 Å². The second-order valence-corrected chi connectivity index (χ2v) is 4.70. The maximum absolute atomic E-state index is 6.21. The molecule has 0 aliphatic heterocycles. The van der Waals surface area contributed by atoms with E-state index in [9.17, 15) is 0 Å². The number of nitrogens with zero attached hydrogens (tertiary/aromatic N) is 1. The Morgan fingerprint density at radius 3 is 2.59 bits per heavy atom. The van der Waals surface area contributed by atoms with Crippen LogP contribution in [0.5, 0.6) is 0 Å². The SMILES string of the molecule is CCc1nc2c(Cl)c(Cl)ccc2c(NC)c1C. The monoisotopic (exact) mass is 268 g/mol. The number of halogens is 2. The zero-order chi connectivity index (χ0) is 12.6. The van der Waals surface area contributed by atoms with Gasteiger partial charge in [-0.1, -0.05) is 30.1 Å². The fraction of sp³-hybridized carbons (Fsp3) is 0.308. The fourth-order valence-electron chi connectivity index (χ4n) is 2.08. The zero-order valence-corrected chi connectivity index (χ0v) is 11.6. The molecule has 0 radical (unpaired) electrons. The van der Waals surface area contributed by atoms with E-state index in [2.05, 4.69) is 24.1 Å². The summed E-state index contributed by atoms with van der Waals surface area (Å²) in [5, 5.41) is 5.29. The Morgan fingerprint density at radius 2 is 2.00 bits per heavy atom. The largest absolute Gasteiger partial charge is 0.387 e. The average molecular weight is 269 g/mol. The van der Waals surface area contributed by atoms with Crippen molar-refractivity contribution in [1.29, 1.82) is 0 Å². The van der Waals surface area contributed by atoms with Crippen LogP contribution in [0.25, 0.3) is 10.9 Å². The van der Waals surface area contributed by atoms with Crippen molar-refractivity contribution in [3.63, 3.8) is 0 Å². The molecule has 1 heterocycles. The zero-order valence-electron chi connectivity index (χ0n) is 10.1. The summed E-state index contributed by atoms with van der Waals surface area (Å²) in [6, 6.07) is 3.76. The Labute approximate surface area is 111 Å². The first-order valence-electron chi connectivity index (χ1n) is 5.55. The molecule has 17 heavy (non-hydrogen) atoms. The number of hydrogen-bond acceptors (Lipinski definition) is 2. The van der Waals surface area contributed by atoms with Crippen LogP contribution in [-0.4, -0.2) is 12.0 Å². The highest BCUT2D eigenvalue weighted by atomic mass is 35.5. The van der Waals surface area contributed by atoms with Crippen LogP contribution in [0.3, 0.4) is 0 Å². The second kappa shape index (κ2) is 4.71. The predicted octanol–water partition coefficient (Wildman–Crippen LogP) is 4.45. The molecule has 0 amide bonds. The molecule has 0 aliphatic carbocycles. The maximum Gasteiger partial charge on any atom is 0.0927 e. The van der Waals surface area contributed by atoms with Crippen LogP contribution in [0.2, 0.25) is 10.0 Å². The Hall–Kier alpha value is -0.990. The van der Waals surface area contributed by atoms with Gasteiger partial charge in [-0.15, -0.1) is 0 Å². The number of rotatable bonds is 2. The molecule has 0 saturated heterocycles. The van der Waals surface area contributed by atoms with Crippen LogP contribution in [0.4, 0.5) is 5.69 Å². The number of aryl methyl sites for hydroxylation is 1. The summed E-state index contributed by atoms with van der Waals surface area (Å²) in [4.78, 5) is 4.61. The van der Waals surface area contributed by atoms with E-state index in [0.29, 0.717) is 10.0 Å². The summed E-state index contributed by atoms with van der Waals surface area (Å²) < 4.78 is 0. The summed E-state index contributed by atoms with van der Waals surface area (Å²) in [5.41, 5.74) is 4.06. The number of anilines is 1. The molecule has 1 aromatic heterocycles. The van der Waals surface area contributed by atoms with Crippen LogP contribution in [0.1, 0.15) is 18.2 Å². The predicted molar refractivity (Wildman–Crippen MR) is 75.4 cm³/mol. The molecule has 0 unspecified atom stereocenters. The topological polar surface area (TPSA) is 24.9 Å². The lowest BCUT2D eigenvalue weighted by Gasteiger charge is -2.14. The molecule has 0 spiro atoms. The smallest absolute Gasteiger partial charge is 0.0927 e. The Balaban J connectivity index is 2.92. The molecule has 0 atom stereocenters. The van der Waals surface area contributed by atoms with Crippen molar-refractivity contribution >= 4 is 39.8 Å². The second-order valence-electron chi connectivity index (χ2n) is 3.92. The standard InChI is InChI=1S/C13H14Cl2N2/c1-4-10-7(2)12(16-3)8-5-6-9(14)11(15)13(8)17-10/h5-6H,4H2,1-3H3,(H,16,17). The quantitative estimate of drug-likeness (QED) is 0.870. The Kier molecular flexibility index (Phi) is 3.45. The molecule has 0 bridgehead atoms. The van der Waals surface area contributed by atoms with Crippen LogP contribution < -0.4 is 5.32 Å². The lowest BCUT2D eigenvalue weighted by molar-refractivity contribution is 1.03. The third kappa shape index (κ3) is 1.96. The lowest BCUT2D eigenvalue weighted by Crippen LogP contribution is -2.01. The van der Waals surface area contributed by atoms with Gasteiger partial charge in [-0.3, -0.25) is 4.98 Å². The van der Waals surface area contributed by atoms with Gasteiger partial charge in [-0.05, 0) is 31.0 Å². The third-order valence-electron chi connectivity index (χ3n) is 2.98. The first-order chi connectivity index (χ1) is 8.10. The minimum absolute atomic E-state index is 0.523. The van der Waals surface area contributed by atoms with Gasteiger partial charge in [-0.2, -0.15) is 0 Å². The van der Waals surface area contributed by atoms with Gasteiger partial charge in [0.25, 0.3) is 0 Å². The van der Waals surface area contributed by atoms with Crippen LogP contribution in [0.15, 0.2) is 12.1 Å². The van der Waals surface area contributed by atoms with E-state index in [0.717, 1.165) is 28.7 Å². The van der Waals surface area contributed by atoms with Crippen LogP contribution in [-0.2, 0) is 6.42 Å². The summed E-state index contributed by atoms with van der Waals surface area (Å²) in [5.74, 6) is 0. The molecule has 2 nitrogen and oxygen atoms in total. The highest BCUT2D eigenvalue weighted by molar-refractivity contribution is 6.45. The van der Waals surface area contributed by atoms with Gasteiger partial charge in [0.2, 0.25) is 0 Å². The van der Waals surface area contributed by atoms with E-state index in [4.69, 9.17) is 23.2 Å². The average Bonchev–Trinajstić information content (AvgIpc) is 2.33. The van der Waals surface area contributed by atoms with E-state index in [1.54, 1.807) is 6.07 Å². The molecule has 4 heteroatoms. The Morgan fingerprint density at radius 1 is 1.29 bits per heavy atom. The normalized spacial score (nSPS) is 10.9. The van der Waals surface area contributed by atoms with Crippen molar-refractivity contribution in [3.8, 4) is 0 Å². The summed E-state index contributed by atoms with van der Waals surface area (Å²) in [7, 11) is 1.91. The highest BCUT2D eigenvalue weighted by Crippen LogP contribution is 2.35. The fourth-order valence-corrected chi connectivity index (χ4v) is 2.44. The van der Waals surface area contributed by atoms with Gasteiger partial charge < -0.3 is 5.32 Å². The first-order valence-corrected chi connectivity index (χ1v) is 6.30. The van der Waals surface area contributed by atoms with Crippen molar-refractivity contribution in [3.05, 3.63) is 33.4 Å². The number of hydrogen-bond donors (Lipinski definition) is 1. The van der Waals surface area contributed by atoms with Crippen molar-refractivity contribution in [2.45, 2.75) is 20.3 Å². The van der Waals surface area contributed by atoms with E-state index in [1.807, 2.05) is 13.1 Å². The minimum atomic E-state index is 0.523. The maximum atomic E-state index is 6.21. The van der Waals surface area contributed by atoms with Gasteiger partial charge in [0.15, 0.2) is 0 Å². The minimum Gasteiger partial charge on any atom is -0.387 e. The van der Waals surface area contributed by atoms with E-state index < -0.39 is 0 Å². The van der Waals surface area contributed by atoms with Crippen LogP contribution >= 0.6 is 23.2 Å². The molecular weight excluding hydrogens is 255 g/mol. The van der Waals surface area contributed by atoms with Crippen molar-refractivity contribution in [1.82, 2.24) is 4.98 Å². The van der Waals surface area contributed by atoms with Gasteiger partial charge in [0, 0.05) is 23.8 Å². The van der Waals surface area contributed by atoms with Gasteiger partial charge >= 0.3 is 0 Å². The molecule has 0 saturated carbocycles. The van der Waals surface area contributed by atoms with E-state index in [1.165, 1.54) is 5.56 Å². The number of fused-ring (bicyclic) bond motifs is 1. The summed E-state index contributed by atoms with van der Waals surface area (Å²) >= 11 is 12.2. The molecule has 0 aliphatic rings. The van der Waals surface area contributed by atoms with Crippen molar-refractivity contribution in [2.24, 2.45) is 0 Å². The van der Waals surface area contributed by atoms with Gasteiger partial charge in [-0.25, -0.2) is 0 Å². The summed E-state index contributed by atoms with van der Waals surface area (Å²) in [6.45, 7) is 4.15. The number of benzene rings is 1. The van der Waals surface area contributed by atoms with Gasteiger partial charge in [0.1, 0.15) is 0 Å². The number of pyridine rings is 1. The first kappa shape index (κ1) is 12.5. The molecular formula is C13H14Cl2N2. The Bertz CT molecular complexity index is 579. The molecule has 1 aromatic carbocycles. The molecule has 0 fully saturated rings. The lowest BCUT2D eigenvalue weighted by atomic mass is 10.1. The third-order valence-corrected chi connectivity index (χ3v) is 3.77. The van der Waals surface area contributed by atoms with Gasteiger partial charge in [0.05, 0.1) is 15.6 Å². The van der Waals surface area contributed by atoms with Crippen LogP contribution in [0, 0.1) is 6.92 Å². The number of aromatic nitrogens is 1. The molecule has 1 N–H and O–H groups in total. The molecule has 90 valence electrons. The number of nitrogens with one attached hydrogen (secondary N) is 1. The summed E-state index contributed by atoms with van der Waals surface area (Å²) in [6.07, 6.45) is 0.874. The molecule has 2 aromatic rings. The molecule has 2 rings (SSSR count). The highest BCUT2D eigenvalue weighted by Gasteiger charge is 2.13. The van der Waals surface area contributed by atoms with E-state index >= 15 is 0 Å². The van der Waals surface area contributed by atoms with E-state index in [-0.39, 0.29) is 0 Å². The van der Waals surface area contributed by atoms with Crippen molar-refractivity contribution in [2.75, 3.05) is 12.4 Å².